The van der Waals surface area contributed by atoms with Crippen molar-refractivity contribution in [2.24, 2.45) is 0 Å². The predicted octanol–water partition coefficient (Wildman–Crippen LogP) is 4.81. The molecule has 0 unspecified atom stereocenters. The number of carbonyl (C=O) groups excluding carboxylic acids is 1. The maximum atomic E-state index is 14.0. The van der Waals surface area contributed by atoms with E-state index in [2.05, 4.69) is 5.32 Å². The molecule has 2 rings (SSSR count). The average molecular weight is 429 g/mol. The van der Waals surface area contributed by atoms with Gasteiger partial charge in [0.05, 0.1) is 6.54 Å². The van der Waals surface area contributed by atoms with Crippen LogP contribution >= 0.6 is 11.6 Å². The molecule has 9 heteroatoms. The van der Waals surface area contributed by atoms with E-state index in [1.807, 2.05) is 0 Å². The summed E-state index contributed by atoms with van der Waals surface area (Å²) in [6.45, 7) is 4.49. The summed E-state index contributed by atoms with van der Waals surface area (Å²) in [5.41, 5.74) is -0.469. The highest BCUT2D eigenvalue weighted by molar-refractivity contribution is 6.30. The van der Waals surface area contributed by atoms with Crippen LogP contribution in [0.25, 0.3) is 11.1 Å². The van der Waals surface area contributed by atoms with Crippen LogP contribution in [0, 0.1) is 12.3 Å². The van der Waals surface area contributed by atoms with Gasteiger partial charge in [-0.05, 0) is 44.0 Å². The second-order valence-corrected chi connectivity index (χ2v) is 7.46. The number of nitrogens with one attached hydrogen (secondary N) is 2. The van der Waals surface area contributed by atoms with E-state index in [0.717, 1.165) is 4.57 Å². The zero-order valence-corrected chi connectivity index (χ0v) is 17.7. The second-order valence-electron chi connectivity index (χ2n) is 7.03. The lowest BCUT2D eigenvalue weighted by Crippen LogP contribution is -2.36. The number of halogens is 4. The van der Waals surface area contributed by atoms with Crippen molar-refractivity contribution >= 4 is 23.3 Å². The minimum atomic E-state index is -4.70. The quantitative estimate of drug-likeness (QED) is 0.530. The van der Waals surface area contributed by atoms with Crippen molar-refractivity contribution in [1.29, 1.82) is 5.41 Å². The molecule has 5 nitrogen and oxygen atoms in total. The molecule has 0 bridgehead atoms. The summed E-state index contributed by atoms with van der Waals surface area (Å²) in [5, 5.41) is 10.9. The van der Waals surface area contributed by atoms with E-state index in [9.17, 15) is 18.0 Å². The van der Waals surface area contributed by atoms with Gasteiger partial charge in [-0.1, -0.05) is 23.7 Å². The van der Waals surface area contributed by atoms with Gasteiger partial charge >= 0.3 is 6.18 Å². The van der Waals surface area contributed by atoms with Gasteiger partial charge in [-0.3, -0.25) is 10.2 Å². The average Bonchev–Trinajstić information content (AvgIpc) is 2.92. The zero-order chi connectivity index (χ0) is 22.1. The van der Waals surface area contributed by atoms with Crippen LogP contribution in [0.4, 0.5) is 13.2 Å². The number of aromatic nitrogens is 1. The van der Waals surface area contributed by atoms with E-state index in [1.165, 1.54) is 18.9 Å². The third kappa shape index (κ3) is 4.58. The summed E-state index contributed by atoms with van der Waals surface area (Å²) in [7, 11) is 3.00. The van der Waals surface area contributed by atoms with Crippen molar-refractivity contribution in [3.05, 3.63) is 46.2 Å². The van der Waals surface area contributed by atoms with E-state index in [0.29, 0.717) is 10.6 Å². The van der Waals surface area contributed by atoms with E-state index in [4.69, 9.17) is 17.0 Å². The minimum absolute atomic E-state index is 0.0655. The lowest BCUT2D eigenvalue weighted by atomic mass is 10.00. The third-order valence-corrected chi connectivity index (χ3v) is 5.08. The van der Waals surface area contributed by atoms with Crippen LogP contribution < -0.4 is 5.32 Å². The number of amides is 1. The molecular weight excluding hydrogens is 405 g/mol. The Labute approximate surface area is 173 Å². The van der Waals surface area contributed by atoms with Crippen molar-refractivity contribution in [3.8, 4) is 11.1 Å². The number of hydrogen-bond donors (Lipinski definition) is 2. The van der Waals surface area contributed by atoms with Crippen LogP contribution in [0.15, 0.2) is 24.3 Å². The van der Waals surface area contributed by atoms with E-state index in [1.54, 1.807) is 45.2 Å². The largest absolute Gasteiger partial charge is 0.431 e. The molecule has 0 aliphatic heterocycles. The standard InChI is InChI=1S/C20H24ClF3N4O/c1-11(2)27(5)19(29)17-16(13-6-8-14(21)9-7-13)12(3)18(20(22,23)24)28(17)10-15(25)26-4/h6-9,11H,10H2,1-5H3,(H2,25,26). The Morgan fingerprint density at radius 3 is 2.28 bits per heavy atom. The number of likely N-dealkylation sites (N-methyl/N-ethyl adjacent to an activating group) is 1. The van der Waals surface area contributed by atoms with Crippen LogP contribution in [0.1, 0.15) is 35.6 Å². The van der Waals surface area contributed by atoms with Crippen molar-refractivity contribution in [1.82, 2.24) is 14.8 Å². The Hall–Kier alpha value is -2.48. The summed E-state index contributed by atoms with van der Waals surface area (Å²) in [6.07, 6.45) is -4.70. The van der Waals surface area contributed by atoms with Gasteiger partial charge in [-0.15, -0.1) is 0 Å². The van der Waals surface area contributed by atoms with Gasteiger partial charge in [0.15, 0.2) is 0 Å². The molecule has 1 aromatic carbocycles. The number of hydrogen-bond acceptors (Lipinski definition) is 2. The smallest absolute Gasteiger partial charge is 0.376 e. The summed E-state index contributed by atoms with van der Waals surface area (Å²) in [5.74, 6) is -0.693. The van der Waals surface area contributed by atoms with Gasteiger partial charge in [0.2, 0.25) is 0 Å². The van der Waals surface area contributed by atoms with Gasteiger partial charge in [-0.2, -0.15) is 13.2 Å². The first-order chi connectivity index (χ1) is 13.4. The number of carbonyl (C=O) groups is 1. The number of benzene rings is 1. The molecule has 0 aliphatic carbocycles. The molecule has 0 saturated heterocycles. The van der Waals surface area contributed by atoms with Gasteiger partial charge in [0.1, 0.15) is 17.2 Å². The van der Waals surface area contributed by atoms with Crippen LogP contribution in [-0.4, -0.2) is 41.3 Å². The number of rotatable bonds is 5. The van der Waals surface area contributed by atoms with Gasteiger partial charge in [0, 0.05) is 30.7 Å². The summed E-state index contributed by atoms with van der Waals surface area (Å²) >= 11 is 5.93. The van der Waals surface area contributed by atoms with Crippen LogP contribution in [0.2, 0.25) is 5.02 Å². The molecule has 29 heavy (non-hydrogen) atoms. The van der Waals surface area contributed by atoms with E-state index < -0.39 is 24.3 Å². The molecule has 1 amide bonds. The Morgan fingerprint density at radius 2 is 1.83 bits per heavy atom. The SMILES string of the molecule is CNC(=N)Cn1c(C(=O)N(C)C(C)C)c(-c2ccc(Cl)cc2)c(C)c1C(F)(F)F. The van der Waals surface area contributed by atoms with Gasteiger partial charge in [0.25, 0.3) is 5.91 Å². The molecule has 0 atom stereocenters. The Kier molecular flexibility index (Phi) is 6.67. The van der Waals surface area contributed by atoms with Crippen molar-refractivity contribution in [2.75, 3.05) is 14.1 Å². The molecular formula is C20H24ClF3N4O. The fraction of sp³-hybridized carbons (Fsp3) is 0.400. The maximum Gasteiger partial charge on any atom is 0.431 e. The molecule has 0 aliphatic rings. The monoisotopic (exact) mass is 428 g/mol. The minimum Gasteiger partial charge on any atom is -0.376 e. The fourth-order valence-corrected chi connectivity index (χ4v) is 3.23. The highest BCUT2D eigenvalue weighted by atomic mass is 35.5. The highest BCUT2D eigenvalue weighted by Crippen LogP contribution is 2.41. The first kappa shape index (κ1) is 22.8. The topological polar surface area (TPSA) is 61.1 Å². The number of alkyl halides is 3. The fourth-order valence-electron chi connectivity index (χ4n) is 3.10. The normalized spacial score (nSPS) is 11.7. The molecule has 1 heterocycles. The van der Waals surface area contributed by atoms with E-state index in [-0.39, 0.29) is 28.7 Å². The van der Waals surface area contributed by atoms with Gasteiger partial charge < -0.3 is 14.8 Å². The Morgan fingerprint density at radius 1 is 1.28 bits per heavy atom. The zero-order valence-electron chi connectivity index (χ0n) is 16.9. The van der Waals surface area contributed by atoms with Crippen LogP contribution in [0.5, 0.6) is 0 Å². The lowest BCUT2D eigenvalue weighted by Gasteiger charge is -2.24. The van der Waals surface area contributed by atoms with E-state index >= 15 is 0 Å². The Bertz CT molecular complexity index is 917. The molecule has 2 N–H and O–H groups in total. The molecule has 2 aromatic rings. The number of nitrogens with zero attached hydrogens (tertiary/aromatic N) is 2. The lowest BCUT2D eigenvalue weighted by molar-refractivity contribution is -0.143. The molecule has 0 radical (unpaired) electrons. The summed E-state index contributed by atoms with van der Waals surface area (Å²) in [4.78, 5) is 14.6. The van der Waals surface area contributed by atoms with Crippen molar-refractivity contribution in [2.45, 2.75) is 39.5 Å². The highest BCUT2D eigenvalue weighted by Gasteiger charge is 2.41. The first-order valence-corrected chi connectivity index (χ1v) is 9.36. The summed E-state index contributed by atoms with van der Waals surface area (Å²) in [6, 6.07) is 6.09. The molecule has 0 saturated carbocycles. The van der Waals surface area contributed by atoms with Gasteiger partial charge in [-0.25, -0.2) is 0 Å². The molecule has 158 valence electrons. The summed E-state index contributed by atoms with van der Waals surface area (Å²) < 4.78 is 42.9. The molecule has 0 fully saturated rings. The number of amidine groups is 1. The first-order valence-electron chi connectivity index (χ1n) is 8.98. The van der Waals surface area contributed by atoms with Crippen LogP contribution in [-0.2, 0) is 12.7 Å². The van der Waals surface area contributed by atoms with Crippen molar-refractivity contribution in [3.63, 3.8) is 0 Å². The van der Waals surface area contributed by atoms with Crippen LogP contribution in [0.3, 0.4) is 0 Å². The molecule has 1 aromatic heterocycles. The van der Waals surface area contributed by atoms with Crippen molar-refractivity contribution < 1.29 is 18.0 Å². The second kappa shape index (κ2) is 8.49. The maximum absolute atomic E-state index is 14.0. The Balaban J connectivity index is 2.92. The predicted molar refractivity (Wildman–Crippen MR) is 109 cm³/mol. The molecule has 0 spiro atoms. The third-order valence-electron chi connectivity index (χ3n) is 4.82.